The zero-order chi connectivity index (χ0) is 20.7. The van der Waals surface area contributed by atoms with Crippen LogP contribution < -0.4 is 9.47 Å². The molecule has 5 rings (SSSR count). The van der Waals surface area contributed by atoms with Crippen LogP contribution in [0.15, 0.2) is 42.5 Å². The minimum atomic E-state index is -0.129. The van der Waals surface area contributed by atoms with Crippen LogP contribution >= 0.6 is 0 Å². The summed E-state index contributed by atoms with van der Waals surface area (Å²) < 4.78 is 10.9. The van der Waals surface area contributed by atoms with Gasteiger partial charge in [-0.1, -0.05) is 24.3 Å². The zero-order valence-corrected chi connectivity index (χ0v) is 17.5. The molecule has 2 aromatic carbocycles. The van der Waals surface area contributed by atoms with Gasteiger partial charge < -0.3 is 14.5 Å². The number of ketones is 1. The Labute approximate surface area is 176 Å². The number of carbonyl (C=O) groups is 1. The molecular formula is C24H27N3O3. The number of hydrogen-bond donors (Lipinski definition) is 1. The van der Waals surface area contributed by atoms with Crippen molar-refractivity contribution >= 4 is 16.7 Å². The highest BCUT2D eigenvalue weighted by Gasteiger charge is 2.29. The quantitative estimate of drug-likeness (QED) is 0.658. The molecule has 1 fully saturated rings. The van der Waals surface area contributed by atoms with E-state index in [1.54, 1.807) is 0 Å². The van der Waals surface area contributed by atoms with Crippen LogP contribution in [-0.2, 0) is 6.54 Å². The molecule has 6 nitrogen and oxygen atoms in total. The number of nitrogens with one attached hydrogen (secondary N) is 1. The maximum absolute atomic E-state index is 13.3. The number of piperazine rings is 1. The molecule has 1 atom stereocenters. The number of rotatable bonds is 5. The number of aryl methyl sites for hydroxylation is 1. The Hall–Kier alpha value is -2.83. The van der Waals surface area contributed by atoms with Gasteiger partial charge in [-0.25, -0.2) is 0 Å². The molecule has 1 N–H and O–H groups in total. The number of H-pyrrole nitrogens is 1. The first kappa shape index (κ1) is 19.2. The number of para-hydroxylation sites is 1. The summed E-state index contributed by atoms with van der Waals surface area (Å²) >= 11 is 0. The molecule has 0 saturated carbocycles. The van der Waals surface area contributed by atoms with Crippen molar-refractivity contribution < 1.29 is 14.3 Å². The van der Waals surface area contributed by atoms with Crippen molar-refractivity contribution in [3.63, 3.8) is 0 Å². The van der Waals surface area contributed by atoms with Gasteiger partial charge in [0.15, 0.2) is 17.3 Å². The summed E-state index contributed by atoms with van der Waals surface area (Å²) in [5, 5.41) is 1.02. The molecule has 1 saturated heterocycles. The van der Waals surface area contributed by atoms with E-state index in [9.17, 15) is 4.79 Å². The van der Waals surface area contributed by atoms with E-state index < -0.39 is 0 Å². The van der Waals surface area contributed by atoms with Gasteiger partial charge in [-0.15, -0.1) is 0 Å². The van der Waals surface area contributed by atoms with E-state index in [1.165, 1.54) is 5.56 Å². The first-order chi connectivity index (χ1) is 14.6. The van der Waals surface area contributed by atoms with Crippen LogP contribution in [0, 0.1) is 6.92 Å². The van der Waals surface area contributed by atoms with E-state index in [1.807, 2.05) is 44.2 Å². The van der Waals surface area contributed by atoms with Crippen molar-refractivity contribution in [2.45, 2.75) is 26.4 Å². The van der Waals surface area contributed by atoms with E-state index in [0.717, 1.165) is 66.4 Å². The van der Waals surface area contributed by atoms with Crippen molar-refractivity contribution in [2.24, 2.45) is 0 Å². The first-order valence-electron chi connectivity index (χ1n) is 10.6. The molecule has 6 heteroatoms. The molecule has 0 bridgehead atoms. The normalized spacial score (nSPS) is 18.1. The van der Waals surface area contributed by atoms with Crippen molar-refractivity contribution in [1.29, 1.82) is 0 Å². The topological polar surface area (TPSA) is 57.8 Å². The van der Waals surface area contributed by atoms with E-state index in [4.69, 9.17) is 9.47 Å². The Balaban J connectivity index is 1.23. The Morgan fingerprint density at radius 3 is 2.67 bits per heavy atom. The van der Waals surface area contributed by atoms with E-state index in [0.29, 0.717) is 6.79 Å². The lowest BCUT2D eigenvalue weighted by atomic mass is 10.0. The van der Waals surface area contributed by atoms with E-state index in [-0.39, 0.29) is 11.8 Å². The van der Waals surface area contributed by atoms with Crippen molar-refractivity contribution in [3.05, 3.63) is 59.3 Å². The second-order valence-corrected chi connectivity index (χ2v) is 8.21. The zero-order valence-electron chi connectivity index (χ0n) is 17.5. The van der Waals surface area contributed by atoms with Crippen LogP contribution in [0.5, 0.6) is 11.5 Å². The minimum absolute atomic E-state index is 0.129. The van der Waals surface area contributed by atoms with Gasteiger partial charge in [0.25, 0.3) is 0 Å². The molecular weight excluding hydrogens is 378 g/mol. The van der Waals surface area contributed by atoms with Gasteiger partial charge in [0, 0.05) is 54.9 Å². The van der Waals surface area contributed by atoms with Crippen LogP contribution in [0.1, 0.15) is 28.5 Å². The van der Waals surface area contributed by atoms with Crippen molar-refractivity contribution in [2.75, 3.05) is 33.0 Å². The molecule has 0 amide bonds. The fourth-order valence-corrected chi connectivity index (χ4v) is 4.58. The second kappa shape index (κ2) is 7.78. The summed E-state index contributed by atoms with van der Waals surface area (Å²) in [6, 6.07) is 14.1. The minimum Gasteiger partial charge on any atom is -0.454 e. The molecule has 0 unspecified atom stereocenters. The average Bonchev–Trinajstić information content (AvgIpc) is 3.36. The number of benzene rings is 2. The molecule has 30 heavy (non-hydrogen) atoms. The lowest BCUT2D eigenvalue weighted by molar-refractivity contribution is 0.0688. The summed E-state index contributed by atoms with van der Waals surface area (Å²) in [5.74, 6) is 1.86. The number of Topliss-reactive ketones (excluding diaryl/α,β-unsaturated/α-hetero) is 1. The average molecular weight is 405 g/mol. The summed E-state index contributed by atoms with van der Waals surface area (Å²) in [6.45, 7) is 8.88. The molecule has 2 aliphatic heterocycles. The van der Waals surface area contributed by atoms with Gasteiger partial charge in [-0.3, -0.25) is 14.6 Å². The predicted octanol–water partition coefficient (Wildman–Crippen LogP) is 3.59. The van der Waals surface area contributed by atoms with Crippen LogP contribution in [-0.4, -0.2) is 59.6 Å². The summed E-state index contributed by atoms with van der Waals surface area (Å²) in [6.07, 6.45) is 0. The second-order valence-electron chi connectivity index (χ2n) is 8.21. The molecule has 0 aliphatic carbocycles. The Morgan fingerprint density at radius 2 is 1.83 bits per heavy atom. The van der Waals surface area contributed by atoms with E-state index >= 15 is 0 Å². The third kappa shape index (κ3) is 3.46. The number of aromatic nitrogens is 1. The van der Waals surface area contributed by atoms with E-state index in [2.05, 4.69) is 26.9 Å². The molecule has 3 aromatic rings. The number of carbonyl (C=O) groups excluding carboxylic acids is 1. The summed E-state index contributed by atoms with van der Waals surface area (Å²) in [5.41, 5.74) is 4.04. The highest BCUT2D eigenvalue weighted by molar-refractivity contribution is 6.11. The number of fused-ring (bicyclic) bond motifs is 2. The fourth-order valence-electron chi connectivity index (χ4n) is 4.58. The fraction of sp³-hybridized carbons (Fsp3) is 0.375. The first-order valence-corrected chi connectivity index (χ1v) is 10.6. The van der Waals surface area contributed by atoms with Crippen molar-refractivity contribution in [3.8, 4) is 11.5 Å². The Morgan fingerprint density at radius 1 is 1.07 bits per heavy atom. The van der Waals surface area contributed by atoms with Crippen LogP contribution in [0.4, 0.5) is 0 Å². The standard InChI is InChI=1S/C24H27N3O3/c1-16-23(19-5-3-4-6-20(19)25-16)24(28)17(2)27-11-9-26(10-12-27)14-18-7-8-21-22(13-18)30-15-29-21/h3-8,13,17,25H,9-12,14-15H2,1-2H3/t17-/m1/s1. The third-order valence-corrected chi connectivity index (χ3v) is 6.32. The molecule has 156 valence electrons. The molecule has 0 spiro atoms. The molecule has 2 aliphatic rings. The highest BCUT2D eigenvalue weighted by Crippen LogP contribution is 2.33. The lowest BCUT2D eigenvalue weighted by Crippen LogP contribution is -2.51. The van der Waals surface area contributed by atoms with Gasteiger partial charge in [0.05, 0.1) is 6.04 Å². The lowest BCUT2D eigenvalue weighted by Gasteiger charge is -2.37. The smallest absolute Gasteiger partial charge is 0.231 e. The van der Waals surface area contributed by atoms with Crippen LogP contribution in [0.25, 0.3) is 10.9 Å². The number of ether oxygens (including phenoxy) is 2. The largest absolute Gasteiger partial charge is 0.454 e. The van der Waals surface area contributed by atoms with Gasteiger partial charge in [0.1, 0.15) is 0 Å². The Kier molecular flexibility index (Phi) is 4.97. The van der Waals surface area contributed by atoms with Gasteiger partial charge in [-0.2, -0.15) is 0 Å². The van der Waals surface area contributed by atoms with Crippen molar-refractivity contribution in [1.82, 2.24) is 14.8 Å². The Bertz CT molecular complexity index is 1080. The highest BCUT2D eigenvalue weighted by atomic mass is 16.7. The third-order valence-electron chi connectivity index (χ3n) is 6.32. The van der Waals surface area contributed by atoms with Crippen LogP contribution in [0.2, 0.25) is 0 Å². The monoisotopic (exact) mass is 405 g/mol. The number of nitrogens with zero attached hydrogens (tertiary/aromatic N) is 2. The predicted molar refractivity (Wildman–Crippen MR) is 116 cm³/mol. The summed E-state index contributed by atoms with van der Waals surface area (Å²) in [7, 11) is 0. The molecule has 1 aromatic heterocycles. The molecule has 0 radical (unpaired) electrons. The maximum Gasteiger partial charge on any atom is 0.231 e. The summed E-state index contributed by atoms with van der Waals surface area (Å²) in [4.78, 5) is 21.4. The van der Waals surface area contributed by atoms with Gasteiger partial charge in [-0.05, 0) is 37.6 Å². The van der Waals surface area contributed by atoms with Gasteiger partial charge in [0.2, 0.25) is 6.79 Å². The van der Waals surface area contributed by atoms with Gasteiger partial charge >= 0.3 is 0 Å². The van der Waals surface area contributed by atoms with Crippen LogP contribution in [0.3, 0.4) is 0 Å². The SMILES string of the molecule is Cc1[nH]c2ccccc2c1C(=O)[C@@H](C)N1CCN(Cc2ccc3c(c2)OCO3)CC1. The number of hydrogen-bond acceptors (Lipinski definition) is 5. The number of aromatic amines is 1. The maximum atomic E-state index is 13.3. The molecule has 3 heterocycles.